The van der Waals surface area contributed by atoms with Crippen LogP contribution in [0.25, 0.3) is 0 Å². The van der Waals surface area contributed by atoms with Crippen molar-refractivity contribution in [2.75, 3.05) is 11.1 Å². The monoisotopic (exact) mass is 492 g/mol. The van der Waals surface area contributed by atoms with E-state index in [1.807, 2.05) is 0 Å². The third kappa shape index (κ3) is 6.67. The van der Waals surface area contributed by atoms with Crippen LogP contribution in [0.4, 0.5) is 5.69 Å². The Morgan fingerprint density at radius 3 is 2.18 bits per heavy atom. The summed E-state index contributed by atoms with van der Waals surface area (Å²) in [7, 11) is -7.59. The van der Waals surface area contributed by atoms with Crippen molar-refractivity contribution in [2.24, 2.45) is 0 Å². The van der Waals surface area contributed by atoms with Gasteiger partial charge in [0, 0.05) is 19.2 Å². The number of nitrogens with one attached hydrogen (secondary N) is 1. The van der Waals surface area contributed by atoms with Crippen LogP contribution in [0.15, 0.2) is 76.2 Å². The van der Waals surface area contributed by atoms with Gasteiger partial charge in [-0.05, 0) is 61.0 Å². The summed E-state index contributed by atoms with van der Waals surface area (Å²) in [6.07, 6.45) is 1.46. The second kappa shape index (κ2) is 10.2. The summed E-state index contributed by atoms with van der Waals surface area (Å²) in [5.41, 5.74) is 1.11. The number of furan rings is 1. The maximum atomic E-state index is 13.4. The molecule has 3 aromatic rings. The van der Waals surface area contributed by atoms with E-state index in [9.17, 15) is 21.6 Å². The number of carbonyl (C=O) groups excluding carboxylic acids is 1. The predicted octanol–water partition coefficient (Wildman–Crippen LogP) is 3.36. The molecule has 1 aromatic heterocycles. The molecule has 0 saturated heterocycles. The zero-order valence-electron chi connectivity index (χ0n) is 18.1. The lowest BCUT2D eigenvalue weighted by atomic mass is 10.2. The van der Waals surface area contributed by atoms with Crippen molar-refractivity contribution >= 4 is 31.7 Å². The zero-order valence-corrected chi connectivity index (χ0v) is 19.7. The minimum atomic E-state index is -3.93. The molecule has 0 spiro atoms. The van der Waals surface area contributed by atoms with Gasteiger partial charge in [-0.15, -0.1) is 0 Å². The van der Waals surface area contributed by atoms with Crippen molar-refractivity contribution in [1.29, 1.82) is 0 Å². The fourth-order valence-corrected chi connectivity index (χ4v) is 4.84. The zero-order chi connectivity index (χ0) is 24.1. The van der Waals surface area contributed by atoms with Crippen molar-refractivity contribution in [3.8, 4) is 5.75 Å². The highest BCUT2D eigenvalue weighted by atomic mass is 32.2. The van der Waals surface area contributed by atoms with Gasteiger partial charge in [0.1, 0.15) is 11.5 Å². The smallest absolute Gasteiger partial charge is 0.308 e. The number of nitrogens with zero attached hydrogens (tertiary/aromatic N) is 1. The van der Waals surface area contributed by atoms with Crippen LogP contribution in [-0.4, -0.2) is 32.8 Å². The number of rotatable bonds is 10. The number of amides is 1. The van der Waals surface area contributed by atoms with Gasteiger partial charge in [0.05, 0.1) is 23.5 Å². The van der Waals surface area contributed by atoms with Crippen LogP contribution >= 0.6 is 0 Å². The Morgan fingerprint density at radius 1 is 0.970 bits per heavy atom. The largest absolute Gasteiger partial charge is 0.468 e. The summed E-state index contributed by atoms with van der Waals surface area (Å²) in [5.74, 6) is 0.186. The summed E-state index contributed by atoms with van der Waals surface area (Å²) >= 11 is 0. The van der Waals surface area contributed by atoms with Crippen LogP contribution in [0.2, 0.25) is 0 Å². The Labute approximate surface area is 193 Å². The molecule has 0 fully saturated rings. The molecule has 0 aliphatic heterocycles. The number of carbonyl (C=O) groups is 1. The topological polar surface area (TPSA) is 123 Å². The average Bonchev–Trinajstić information content (AvgIpc) is 3.27. The quantitative estimate of drug-likeness (QED) is 0.431. The molecule has 0 saturated carbocycles. The highest BCUT2D eigenvalue weighted by Gasteiger charge is 2.26. The van der Waals surface area contributed by atoms with Gasteiger partial charge in [0.15, 0.2) is 0 Å². The van der Waals surface area contributed by atoms with E-state index in [1.54, 1.807) is 24.3 Å². The van der Waals surface area contributed by atoms with E-state index in [4.69, 9.17) is 8.60 Å². The number of hydrogen-bond acceptors (Lipinski definition) is 7. The molecule has 0 unspecified atom stereocenters. The molecule has 1 N–H and O–H groups in total. The molecular weight excluding hydrogens is 468 g/mol. The Kier molecular flexibility index (Phi) is 7.57. The normalized spacial score (nSPS) is 12.0. The summed E-state index contributed by atoms with van der Waals surface area (Å²) in [5, 5.41) is 2.60. The van der Waals surface area contributed by atoms with Crippen LogP contribution < -0.4 is 9.50 Å². The lowest BCUT2D eigenvalue weighted by Gasteiger charge is -2.22. The number of hydrogen-bond donors (Lipinski definition) is 1. The first-order chi connectivity index (χ1) is 15.6. The van der Waals surface area contributed by atoms with Gasteiger partial charge in [0.2, 0.25) is 15.9 Å². The number of sulfonamides is 1. The molecule has 1 amide bonds. The van der Waals surface area contributed by atoms with E-state index in [1.165, 1.54) is 60.8 Å². The Morgan fingerprint density at radius 2 is 1.64 bits per heavy atom. The number of anilines is 1. The van der Waals surface area contributed by atoms with Crippen LogP contribution in [0, 0.1) is 0 Å². The predicted molar refractivity (Wildman–Crippen MR) is 122 cm³/mol. The van der Waals surface area contributed by atoms with Gasteiger partial charge in [-0.3, -0.25) is 4.79 Å². The van der Waals surface area contributed by atoms with Crippen molar-refractivity contribution in [3.63, 3.8) is 0 Å². The molecule has 33 heavy (non-hydrogen) atoms. The summed E-state index contributed by atoms with van der Waals surface area (Å²) in [6, 6.07) is 15.4. The molecule has 0 aliphatic rings. The first kappa shape index (κ1) is 24.5. The van der Waals surface area contributed by atoms with Crippen LogP contribution in [0.5, 0.6) is 5.75 Å². The fourth-order valence-electron chi connectivity index (χ4n) is 2.92. The van der Waals surface area contributed by atoms with E-state index in [0.29, 0.717) is 17.0 Å². The molecule has 0 bridgehead atoms. The third-order valence-electron chi connectivity index (χ3n) is 4.58. The summed E-state index contributed by atoms with van der Waals surface area (Å²) in [6.45, 7) is 2.84. The second-order valence-electron chi connectivity index (χ2n) is 7.13. The number of benzene rings is 2. The van der Waals surface area contributed by atoms with E-state index < -0.39 is 20.1 Å². The highest BCUT2D eigenvalue weighted by Crippen LogP contribution is 2.24. The minimum absolute atomic E-state index is 0.00868. The fraction of sp³-hybridized carbons (Fsp3) is 0.227. The molecule has 3 rings (SSSR count). The molecule has 11 heteroatoms. The van der Waals surface area contributed by atoms with Crippen molar-refractivity contribution in [1.82, 2.24) is 4.31 Å². The third-order valence-corrected chi connectivity index (χ3v) is 7.54. The van der Waals surface area contributed by atoms with E-state index in [0.717, 1.165) is 0 Å². The maximum absolute atomic E-state index is 13.4. The average molecular weight is 493 g/mol. The van der Waals surface area contributed by atoms with Crippen LogP contribution in [-0.2, 0) is 38.0 Å². The van der Waals surface area contributed by atoms with Gasteiger partial charge in [-0.2, -0.15) is 12.7 Å². The molecule has 0 radical (unpaired) electrons. The Bertz CT molecular complexity index is 1280. The first-order valence-electron chi connectivity index (χ1n) is 10.0. The summed E-state index contributed by atoms with van der Waals surface area (Å²) < 4.78 is 61.6. The molecule has 2 aromatic carbocycles. The standard InChI is InChI=1S/C22H24N2O7S2/c1-3-32(26,27)31-20-10-6-18(7-11-20)15-24(16-21-5-4-14-30-21)33(28,29)22-12-8-19(9-13-22)23-17(2)25/h4-14H,3,15-16H2,1-2H3,(H,23,25). The molecule has 0 aliphatic carbocycles. The maximum Gasteiger partial charge on any atom is 0.308 e. The Hall–Kier alpha value is -3.15. The highest BCUT2D eigenvalue weighted by molar-refractivity contribution is 7.89. The van der Waals surface area contributed by atoms with Crippen LogP contribution in [0.3, 0.4) is 0 Å². The van der Waals surface area contributed by atoms with Gasteiger partial charge in [-0.25, -0.2) is 8.42 Å². The minimum Gasteiger partial charge on any atom is -0.468 e. The van der Waals surface area contributed by atoms with Crippen molar-refractivity contribution < 1.29 is 30.2 Å². The van der Waals surface area contributed by atoms with Gasteiger partial charge >= 0.3 is 10.1 Å². The molecule has 1 heterocycles. The van der Waals surface area contributed by atoms with E-state index in [-0.39, 0.29) is 35.4 Å². The molecule has 9 nitrogen and oxygen atoms in total. The van der Waals surface area contributed by atoms with E-state index >= 15 is 0 Å². The Balaban J connectivity index is 1.86. The lowest BCUT2D eigenvalue weighted by Crippen LogP contribution is -2.30. The van der Waals surface area contributed by atoms with Crippen molar-refractivity contribution in [2.45, 2.75) is 31.8 Å². The SMILES string of the molecule is CCS(=O)(=O)Oc1ccc(CN(Cc2ccco2)S(=O)(=O)c2ccc(NC(C)=O)cc2)cc1. The van der Waals surface area contributed by atoms with E-state index in [2.05, 4.69) is 5.32 Å². The molecule has 176 valence electrons. The molecule has 0 atom stereocenters. The molecular formula is C22H24N2O7S2. The lowest BCUT2D eigenvalue weighted by molar-refractivity contribution is -0.114. The van der Waals surface area contributed by atoms with Gasteiger partial charge in [0.25, 0.3) is 0 Å². The van der Waals surface area contributed by atoms with Crippen LogP contribution in [0.1, 0.15) is 25.2 Å². The van der Waals surface area contributed by atoms with Gasteiger partial charge in [-0.1, -0.05) is 12.1 Å². The van der Waals surface area contributed by atoms with Gasteiger partial charge < -0.3 is 13.9 Å². The van der Waals surface area contributed by atoms with Crippen molar-refractivity contribution in [3.05, 3.63) is 78.3 Å². The first-order valence-corrected chi connectivity index (χ1v) is 13.0. The second-order valence-corrected chi connectivity index (χ2v) is 10.9. The summed E-state index contributed by atoms with van der Waals surface area (Å²) in [4.78, 5) is 11.3.